The van der Waals surface area contributed by atoms with E-state index >= 15 is 0 Å². The van der Waals surface area contributed by atoms with Crippen LogP contribution in [-0.2, 0) is 0 Å². The second-order valence-electron chi connectivity index (χ2n) is 5.39. The average Bonchev–Trinajstić information content (AvgIpc) is 2.77. The summed E-state index contributed by atoms with van der Waals surface area (Å²) in [5.41, 5.74) is 5.73. The first kappa shape index (κ1) is 14.9. The first-order valence-corrected chi connectivity index (χ1v) is 7.50. The SMILES string of the molecule is C=CCNC(=O)c1sc(N2CCCC(C)(O)C2)cc1N. The molecule has 0 spiro atoms. The number of carbonyl (C=O) groups is 1. The largest absolute Gasteiger partial charge is 0.397 e. The molecule has 6 heteroatoms. The summed E-state index contributed by atoms with van der Waals surface area (Å²) in [4.78, 5) is 14.6. The van der Waals surface area contributed by atoms with Crippen LogP contribution in [-0.4, -0.2) is 36.2 Å². The van der Waals surface area contributed by atoms with Gasteiger partial charge in [0.2, 0.25) is 0 Å². The predicted molar refractivity (Wildman–Crippen MR) is 83.3 cm³/mol. The molecule has 1 saturated heterocycles. The predicted octanol–water partition coefficient (Wildman–Crippen LogP) is 1.60. The number of β-amino-alcohol motifs (C(OH)–C–C–N with tert-alkyl or cyclic N) is 1. The Morgan fingerprint density at radius 1 is 1.75 bits per heavy atom. The van der Waals surface area contributed by atoms with Gasteiger partial charge < -0.3 is 21.1 Å². The number of aliphatic hydroxyl groups is 1. The molecular weight excluding hydrogens is 274 g/mol. The van der Waals surface area contributed by atoms with Crippen LogP contribution in [0.15, 0.2) is 18.7 Å². The molecule has 0 radical (unpaired) electrons. The highest BCUT2D eigenvalue weighted by Crippen LogP contribution is 2.35. The van der Waals surface area contributed by atoms with Crippen molar-refractivity contribution < 1.29 is 9.90 Å². The van der Waals surface area contributed by atoms with Gasteiger partial charge >= 0.3 is 0 Å². The molecule has 0 aromatic carbocycles. The molecule has 0 saturated carbocycles. The van der Waals surface area contributed by atoms with E-state index in [1.807, 2.05) is 13.0 Å². The van der Waals surface area contributed by atoms with Gasteiger partial charge in [0.15, 0.2) is 0 Å². The molecule has 1 aromatic rings. The lowest BCUT2D eigenvalue weighted by molar-refractivity contribution is 0.0451. The van der Waals surface area contributed by atoms with Gasteiger partial charge in [-0.2, -0.15) is 0 Å². The van der Waals surface area contributed by atoms with E-state index in [9.17, 15) is 9.90 Å². The third-order valence-corrected chi connectivity index (χ3v) is 4.56. The second kappa shape index (κ2) is 5.85. The van der Waals surface area contributed by atoms with Crippen molar-refractivity contribution in [3.8, 4) is 0 Å². The molecule has 5 nitrogen and oxygen atoms in total. The Balaban J connectivity index is 2.14. The number of piperidine rings is 1. The zero-order valence-corrected chi connectivity index (χ0v) is 12.5. The molecule has 1 aliphatic rings. The summed E-state index contributed by atoms with van der Waals surface area (Å²) in [6.45, 7) is 7.28. The number of thiophene rings is 1. The maximum Gasteiger partial charge on any atom is 0.263 e. The Bertz CT molecular complexity index is 511. The molecule has 4 N–H and O–H groups in total. The molecule has 1 aromatic heterocycles. The third-order valence-electron chi connectivity index (χ3n) is 3.35. The normalized spacial score (nSPS) is 22.6. The summed E-state index contributed by atoms with van der Waals surface area (Å²) in [5, 5.41) is 13.8. The average molecular weight is 295 g/mol. The van der Waals surface area contributed by atoms with Gasteiger partial charge in [-0.1, -0.05) is 6.08 Å². The minimum Gasteiger partial charge on any atom is -0.397 e. The molecule has 1 atom stereocenters. The van der Waals surface area contributed by atoms with Crippen molar-refractivity contribution >= 4 is 27.9 Å². The lowest BCUT2D eigenvalue weighted by Gasteiger charge is -2.37. The van der Waals surface area contributed by atoms with Crippen LogP contribution in [0.1, 0.15) is 29.4 Å². The lowest BCUT2D eigenvalue weighted by Crippen LogP contribution is -2.45. The fourth-order valence-corrected chi connectivity index (χ4v) is 3.40. The maximum atomic E-state index is 12.0. The van der Waals surface area contributed by atoms with Crippen molar-refractivity contribution in [2.75, 3.05) is 30.3 Å². The molecule has 0 aliphatic carbocycles. The minimum atomic E-state index is -0.678. The second-order valence-corrected chi connectivity index (χ2v) is 6.42. The number of nitrogens with two attached hydrogens (primary N) is 1. The van der Waals surface area contributed by atoms with Gasteiger partial charge in [0, 0.05) is 19.6 Å². The number of rotatable bonds is 4. The topological polar surface area (TPSA) is 78.6 Å². The standard InChI is InChI=1S/C14H21N3O2S/c1-3-6-16-13(18)12-10(15)8-11(20-12)17-7-4-5-14(2,19)9-17/h3,8,19H,1,4-7,9,15H2,2H3,(H,16,18). The third kappa shape index (κ3) is 3.32. The van der Waals surface area contributed by atoms with Crippen LogP contribution in [0.3, 0.4) is 0 Å². The number of hydrogen-bond donors (Lipinski definition) is 3. The quantitative estimate of drug-likeness (QED) is 0.737. The van der Waals surface area contributed by atoms with Crippen molar-refractivity contribution in [3.05, 3.63) is 23.6 Å². The fourth-order valence-electron chi connectivity index (χ4n) is 2.38. The molecule has 110 valence electrons. The summed E-state index contributed by atoms with van der Waals surface area (Å²) in [5.74, 6) is -0.178. The molecule has 1 amide bonds. The van der Waals surface area contributed by atoms with E-state index < -0.39 is 5.60 Å². The van der Waals surface area contributed by atoms with E-state index in [0.717, 1.165) is 24.4 Å². The molecule has 1 fully saturated rings. The highest BCUT2D eigenvalue weighted by atomic mass is 32.1. The Kier molecular flexibility index (Phi) is 4.35. The summed E-state index contributed by atoms with van der Waals surface area (Å²) in [7, 11) is 0. The highest BCUT2D eigenvalue weighted by molar-refractivity contribution is 7.18. The molecule has 0 bridgehead atoms. The number of hydrogen-bond acceptors (Lipinski definition) is 5. The summed E-state index contributed by atoms with van der Waals surface area (Å²) < 4.78 is 0. The summed E-state index contributed by atoms with van der Waals surface area (Å²) in [6.07, 6.45) is 3.37. The van der Waals surface area contributed by atoms with Gasteiger partial charge in [-0.25, -0.2) is 0 Å². The van der Waals surface area contributed by atoms with Crippen LogP contribution in [0.25, 0.3) is 0 Å². The molecule has 2 rings (SSSR count). The Morgan fingerprint density at radius 3 is 3.15 bits per heavy atom. The minimum absolute atomic E-state index is 0.178. The number of nitrogens with zero attached hydrogens (tertiary/aromatic N) is 1. The molecular formula is C14H21N3O2S. The summed E-state index contributed by atoms with van der Waals surface area (Å²) in [6, 6.07) is 1.81. The smallest absolute Gasteiger partial charge is 0.263 e. The molecule has 1 aliphatic heterocycles. The Hall–Kier alpha value is -1.53. The van der Waals surface area contributed by atoms with E-state index in [0.29, 0.717) is 23.7 Å². The molecule has 1 unspecified atom stereocenters. The van der Waals surface area contributed by atoms with Gasteiger partial charge in [0.1, 0.15) is 4.88 Å². The van der Waals surface area contributed by atoms with E-state index in [4.69, 9.17) is 5.73 Å². The van der Waals surface area contributed by atoms with Crippen LogP contribution in [0.4, 0.5) is 10.7 Å². The van der Waals surface area contributed by atoms with Crippen molar-refractivity contribution in [3.63, 3.8) is 0 Å². The van der Waals surface area contributed by atoms with Crippen molar-refractivity contribution in [2.45, 2.75) is 25.4 Å². The monoisotopic (exact) mass is 295 g/mol. The lowest BCUT2D eigenvalue weighted by atomic mass is 9.95. The van der Waals surface area contributed by atoms with Gasteiger partial charge in [-0.3, -0.25) is 4.79 Å². The molecule has 2 heterocycles. The van der Waals surface area contributed by atoms with E-state index in [1.54, 1.807) is 6.08 Å². The fraction of sp³-hybridized carbons (Fsp3) is 0.500. The van der Waals surface area contributed by atoms with Crippen LogP contribution in [0.5, 0.6) is 0 Å². The van der Waals surface area contributed by atoms with Crippen molar-refractivity contribution in [1.82, 2.24) is 5.32 Å². The Labute approximate surface area is 123 Å². The van der Waals surface area contributed by atoms with Gasteiger partial charge in [0.05, 0.1) is 16.3 Å². The number of carbonyl (C=O) groups excluding carboxylic acids is 1. The van der Waals surface area contributed by atoms with Crippen molar-refractivity contribution in [2.24, 2.45) is 0 Å². The van der Waals surface area contributed by atoms with Gasteiger partial charge in [-0.15, -0.1) is 17.9 Å². The van der Waals surface area contributed by atoms with Crippen LogP contribution in [0, 0.1) is 0 Å². The zero-order valence-electron chi connectivity index (χ0n) is 11.7. The maximum absolute atomic E-state index is 12.0. The number of nitrogen functional groups attached to an aromatic ring is 1. The first-order valence-electron chi connectivity index (χ1n) is 6.69. The molecule has 20 heavy (non-hydrogen) atoms. The van der Waals surface area contributed by atoms with Gasteiger partial charge in [-0.05, 0) is 25.8 Å². The number of amides is 1. The first-order chi connectivity index (χ1) is 9.43. The highest BCUT2D eigenvalue weighted by Gasteiger charge is 2.30. The Morgan fingerprint density at radius 2 is 2.50 bits per heavy atom. The van der Waals surface area contributed by atoms with Crippen LogP contribution < -0.4 is 16.0 Å². The van der Waals surface area contributed by atoms with E-state index in [2.05, 4.69) is 16.8 Å². The van der Waals surface area contributed by atoms with Crippen LogP contribution >= 0.6 is 11.3 Å². The number of anilines is 2. The zero-order chi connectivity index (χ0) is 14.8. The van der Waals surface area contributed by atoms with E-state index in [-0.39, 0.29) is 5.91 Å². The van der Waals surface area contributed by atoms with Crippen LogP contribution in [0.2, 0.25) is 0 Å². The van der Waals surface area contributed by atoms with Crippen molar-refractivity contribution in [1.29, 1.82) is 0 Å². The van der Waals surface area contributed by atoms with E-state index in [1.165, 1.54) is 11.3 Å². The summed E-state index contributed by atoms with van der Waals surface area (Å²) >= 11 is 1.37. The number of nitrogens with one attached hydrogen (secondary N) is 1. The van der Waals surface area contributed by atoms with Gasteiger partial charge in [0.25, 0.3) is 5.91 Å².